The number of nitrogens with zero attached hydrogens (tertiary/aromatic N) is 6. The van der Waals surface area contributed by atoms with Crippen LogP contribution in [0.4, 0.5) is 5.82 Å². The Balaban J connectivity index is 1.58. The number of aromatic nitrogens is 1. The van der Waals surface area contributed by atoms with E-state index in [1.807, 2.05) is 11.0 Å². The average molecular weight is 507 g/mol. The summed E-state index contributed by atoms with van der Waals surface area (Å²) >= 11 is 0. The summed E-state index contributed by atoms with van der Waals surface area (Å²) in [5, 5.41) is 11.7. The Morgan fingerprint density at radius 2 is 2.03 bits per heavy atom. The number of aliphatic imine (C=N–C) groups is 2. The van der Waals surface area contributed by atoms with Gasteiger partial charge in [0.2, 0.25) is 0 Å². The first-order valence-corrected chi connectivity index (χ1v) is 11.9. The lowest BCUT2D eigenvalue weighted by atomic mass is 10.1. The maximum Gasteiger partial charge on any atom is 0.298 e. The maximum absolute atomic E-state index is 12.7. The minimum Gasteiger partial charge on any atom is -0.382 e. The zero-order valence-electron chi connectivity index (χ0n) is 20.9. The molecule has 4 rings (SSSR count). The molecule has 2 aromatic rings. The Morgan fingerprint density at radius 3 is 2.74 bits per heavy atom. The number of carbonyl (C=O) groups excluding carboxylic acids is 2. The minimum absolute atomic E-state index is 0.0424. The molecule has 2 amide bonds. The third kappa shape index (κ3) is 5.61. The number of hydrogen-bond acceptors (Lipinski definition) is 8. The van der Waals surface area contributed by atoms with Crippen molar-refractivity contribution in [2.45, 2.75) is 25.8 Å². The standard InChI is InChI=1S/C28H26N8O2/c1-3-5-24(37)36-14-4-6-22(36)18-35-15-13-33-27(30)26(35)25(31-2)20-7-9-21(10-8-20)28(38)34-23-16-19(17-29)11-12-32-23/h7-13,15-16,22H,2,4,6,14,18H2,1H3,(H2,30,33)(H,32,34,38)/b26-25-. The van der Waals surface area contributed by atoms with E-state index < -0.39 is 0 Å². The van der Waals surface area contributed by atoms with Gasteiger partial charge in [-0.25, -0.2) is 9.98 Å². The summed E-state index contributed by atoms with van der Waals surface area (Å²) in [5.41, 5.74) is 8.84. The lowest BCUT2D eigenvalue weighted by molar-refractivity contribution is -0.126. The number of hydrogen-bond donors (Lipinski definition) is 2. The molecule has 190 valence electrons. The highest BCUT2D eigenvalue weighted by Gasteiger charge is 2.31. The molecule has 2 aliphatic heterocycles. The number of nitrogens with one attached hydrogen (secondary N) is 1. The highest BCUT2D eigenvalue weighted by molar-refractivity contribution is 6.06. The quantitative estimate of drug-likeness (QED) is 0.456. The largest absolute Gasteiger partial charge is 0.382 e. The van der Waals surface area contributed by atoms with Crippen molar-refractivity contribution in [2.75, 3.05) is 18.4 Å². The van der Waals surface area contributed by atoms with Crippen LogP contribution in [-0.2, 0) is 4.79 Å². The predicted octanol–water partition coefficient (Wildman–Crippen LogP) is 2.73. The van der Waals surface area contributed by atoms with Crippen molar-refractivity contribution in [3.8, 4) is 17.9 Å². The lowest BCUT2D eigenvalue weighted by Crippen LogP contribution is -2.43. The van der Waals surface area contributed by atoms with Gasteiger partial charge in [0, 0.05) is 42.8 Å². The smallest absolute Gasteiger partial charge is 0.298 e. The van der Waals surface area contributed by atoms with E-state index in [2.05, 4.69) is 38.8 Å². The van der Waals surface area contributed by atoms with Gasteiger partial charge < -0.3 is 20.9 Å². The fourth-order valence-corrected chi connectivity index (χ4v) is 4.42. The molecule has 0 bridgehead atoms. The second kappa shape index (κ2) is 11.7. The Hall–Kier alpha value is -5.22. The first kappa shape index (κ1) is 25.9. The van der Waals surface area contributed by atoms with Gasteiger partial charge >= 0.3 is 0 Å². The first-order valence-electron chi connectivity index (χ1n) is 11.9. The van der Waals surface area contributed by atoms with Crippen molar-refractivity contribution in [3.05, 3.63) is 77.4 Å². The summed E-state index contributed by atoms with van der Waals surface area (Å²) in [6, 6.07) is 11.8. The average Bonchev–Trinajstić information content (AvgIpc) is 3.39. The van der Waals surface area contributed by atoms with E-state index in [1.165, 1.54) is 12.3 Å². The number of rotatable bonds is 6. The van der Waals surface area contributed by atoms with Gasteiger partial charge in [-0.2, -0.15) is 5.26 Å². The van der Waals surface area contributed by atoms with Crippen LogP contribution in [0.3, 0.4) is 0 Å². The van der Waals surface area contributed by atoms with Crippen molar-refractivity contribution in [1.82, 2.24) is 14.8 Å². The monoisotopic (exact) mass is 506 g/mol. The number of nitriles is 1. The second-order valence-electron chi connectivity index (χ2n) is 8.56. The van der Waals surface area contributed by atoms with Gasteiger partial charge in [0.05, 0.1) is 23.4 Å². The van der Waals surface area contributed by atoms with Crippen molar-refractivity contribution in [1.29, 1.82) is 5.26 Å². The molecule has 1 atom stereocenters. The van der Waals surface area contributed by atoms with Gasteiger partial charge in [-0.1, -0.05) is 18.1 Å². The Morgan fingerprint density at radius 1 is 1.26 bits per heavy atom. The molecule has 1 aromatic carbocycles. The molecular formula is C28H26N8O2. The van der Waals surface area contributed by atoms with E-state index in [-0.39, 0.29) is 29.5 Å². The van der Waals surface area contributed by atoms with E-state index in [0.29, 0.717) is 41.2 Å². The van der Waals surface area contributed by atoms with E-state index in [4.69, 9.17) is 11.0 Å². The molecule has 0 aliphatic carbocycles. The molecule has 1 aromatic heterocycles. The van der Waals surface area contributed by atoms with Crippen molar-refractivity contribution >= 4 is 35.9 Å². The molecule has 0 saturated carbocycles. The molecule has 1 saturated heterocycles. The number of amides is 2. The molecule has 0 radical (unpaired) electrons. The van der Waals surface area contributed by atoms with E-state index >= 15 is 0 Å². The zero-order chi connectivity index (χ0) is 27.1. The molecular weight excluding hydrogens is 480 g/mol. The number of benzene rings is 1. The normalized spacial score (nSPS) is 17.6. The molecule has 1 fully saturated rings. The number of pyridine rings is 1. The lowest BCUT2D eigenvalue weighted by Gasteiger charge is -2.32. The van der Waals surface area contributed by atoms with Crippen molar-refractivity contribution in [3.63, 3.8) is 0 Å². The number of anilines is 1. The summed E-state index contributed by atoms with van der Waals surface area (Å²) in [6.07, 6.45) is 6.61. The summed E-state index contributed by atoms with van der Waals surface area (Å²) in [4.78, 5) is 41.5. The van der Waals surface area contributed by atoms with Gasteiger partial charge in [-0.15, -0.1) is 0 Å². The Labute approximate surface area is 220 Å². The van der Waals surface area contributed by atoms with Gasteiger partial charge in [-0.3, -0.25) is 14.6 Å². The van der Waals surface area contributed by atoms with Crippen LogP contribution >= 0.6 is 0 Å². The van der Waals surface area contributed by atoms with Gasteiger partial charge in [0.1, 0.15) is 17.4 Å². The summed E-state index contributed by atoms with van der Waals surface area (Å²) in [5.74, 6) is 5.30. The van der Waals surface area contributed by atoms with Gasteiger partial charge in [0.15, 0.2) is 0 Å². The number of likely N-dealkylation sites (tertiary alicyclic amines) is 1. The molecule has 0 spiro atoms. The number of nitrogens with two attached hydrogens (primary N) is 1. The van der Waals surface area contributed by atoms with E-state index in [1.54, 1.807) is 54.6 Å². The van der Waals surface area contributed by atoms with Crippen molar-refractivity contribution in [2.24, 2.45) is 15.7 Å². The van der Waals surface area contributed by atoms with Gasteiger partial charge in [-0.05, 0) is 56.7 Å². The topological polar surface area (TPSA) is 140 Å². The molecule has 1 unspecified atom stereocenters. The maximum atomic E-state index is 12.7. The van der Waals surface area contributed by atoms with Crippen LogP contribution in [0, 0.1) is 23.2 Å². The van der Waals surface area contributed by atoms with Crippen LogP contribution in [0.2, 0.25) is 0 Å². The molecule has 10 heteroatoms. The summed E-state index contributed by atoms with van der Waals surface area (Å²) in [7, 11) is 0. The van der Waals surface area contributed by atoms with Crippen LogP contribution in [-0.4, -0.2) is 58.3 Å². The number of carbonyl (C=O) groups is 2. The fraction of sp³-hybridized carbons (Fsp3) is 0.214. The summed E-state index contributed by atoms with van der Waals surface area (Å²) < 4.78 is 0. The van der Waals surface area contributed by atoms with Crippen LogP contribution < -0.4 is 11.1 Å². The highest BCUT2D eigenvalue weighted by atomic mass is 16.2. The molecule has 10 nitrogen and oxygen atoms in total. The molecule has 3 N–H and O–H groups in total. The Kier molecular flexibility index (Phi) is 7.95. The molecule has 3 heterocycles. The highest BCUT2D eigenvalue weighted by Crippen LogP contribution is 2.28. The Bertz CT molecular complexity index is 1450. The predicted molar refractivity (Wildman–Crippen MR) is 145 cm³/mol. The molecule has 2 aliphatic rings. The number of amidine groups is 1. The van der Waals surface area contributed by atoms with Crippen LogP contribution in [0.25, 0.3) is 5.70 Å². The first-order chi connectivity index (χ1) is 18.4. The van der Waals surface area contributed by atoms with Crippen LogP contribution in [0.5, 0.6) is 0 Å². The second-order valence-corrected chi connectivity index (χ2v) is 8.56. The molecule has 38 heavy (non-hydrogen) atoms. The summed E-state index contributed by atoms with van der Waals surface area (Å²) in [6.45, 7) is 6.54. The van der Waals surface area contributed by atoms with Gasteiger partial charge in [0.25, 0.3) is 11.8 Å². The fourth-order valence-electron chi connectivity index (χ4n) is 4.42. The van der Waals surface area contributed by atoms with Crippen LogP contribution in [0.15, 0.2) is 70.7 Å². The van der Waals surface area contributed by atoms with Crippen LogP contribution in [0.1, 0.15) is 41.3 Å². The van der Waals surface area contributed by atoms with E-state index in [9.17, 15) is 9.59 Å². The third-order valence-electron chi connectivity index (χ3n) is 6.20. The SMILES string of the molecule is C=N/C(=C1/C(N)=NC=CN1CC1CCCN1C(=O)C#CC)c1ccc(C(=O)Nc2cc(C#N)ccn2)cc1. The third-order valence-corrected chi connectivity index (χ3v) is 6.20. The minimum atomic E-state index is -0.371. The van der Waals surface area contributed by atoms with E-state index in [0.717, 1.165) is 12.8 Å². The zero-order valence-corrected chi connectivity index (χ0v) is 20.9. The van der Waals surface area contributed by atoms with Crippen molar-refractivity contribution < 1.29 is 9.59 Å².